The Morgan fingerprint density at radius 2 is 1.55 bits per heavy atom. The van der Waals surface area contributed by atoms with Gasteiger partial charge in [0.25, 0.3) is 0 Å². The first-order valence-electron chi connectivity index (χ1n) is 15.3. The van der Waals surface area contributed by atoms with Gasteiger partial charge >= 0.3 is 12.0 Å². The molecule has 2 aliphatic heterocycles. The number of hydrogen-bond acceptors (Lipinski definition) is 4. The number of urea groups is 1. The average molecular weight is 572 g/mol. The van der Waals surface area contributed by atoms with Crippen molar-refractivity contribution in [1.29, 1.82) is 0 Å². The summed E-state index contributed by atoms with van der Waals surface area (Å²) in [4.78, 5) is 30.3. The van der Waals surface area contributed by atoms with Crippen LogP contribution in [0, 0.1) is 17.7 Å². The molecule has 2 atom stereocenters. The summed E-state index contributed by atoms with van der Waals surface area (Å²) in [6.45, 7) is 5.92. The third-order valence-electron chi connectivity index (χ3n) is 8.75. The van der Waals surface area contributed by atoms with E-state index < -0.39 is 0 Å². The number of carbonyl (C=O) groups is 2. The van der Waals surface area contributed by atoms with Crippen LogP contribution in [0.3, 0.4) is 0 Å². The van der Waals surface area contributed by atoms with Crippen molar-refractivity contribution < 1.29 is 18.7 Å². The lowest BCUT2D eigenvalue weighted by atomic mass is 9.83. The number of halogens is 1. The molecule has 5 rings (SSSR count). The number of amides is 2. The average Bonchev–Trinajstić information content (AvgIpc) is 3.01. The fourth-order valence-corrected chi connectivity index (χ4v) is 6.49. The number of nitrogens with zero attached hydrogens (tertiary/aromatic N) is 2. The van der Waals surface area contributed by atoms with Crippen molar-refractivity contribution in [3.05, 3.63) is 101 Å². The van der Waals surface area contributed by atoms with Crippen molar-refractivity contribution >= 4 is 17.7 Å². The zero-order chi connectivity index (χ0) is 29.3. The fraction of sp³-hybridized carbons (Fsp3) is 0.429. The van der Waals surface area contributed by atoms with Crippen LogP contribution in [0.1, 0.15) is 54.1 Å². The van der Waals surface area contributed by atoms with E-state index in [0.717, 1.165) is 64.7 Å². The van der Waals surface area contributed by atoms with Crippen molar-refractivity contribution in [1.82, 2.24) is 9.80 Å². The summed E-state index contributed by atoms with van der Waals surface area (Å²) in [7, 11) is 0. The molecule has 2 heterocycles. The normalized spacial score (nSPS) is 19.8. The molecule has 0 aromatic heterocycles. The Hall–Kier alpha value is -3.71. The van der Waals surface area contributed by atoms with Crippen molar-refractivity contribution in [2.45, 2.75) is 51.5 Å². The molecule has 0 aliphatic carbocycles. The van der Waals surface area contributed by atoms with E-state index in [1.165, 1.54) is 11.1 Å². The monoisotopic (exact) mass is 571 g/mol. The van der Waals surface area contributed by atoms with Crippen LogP contribution >= 0.6 is 0 Å². The molecule has 7 heteroatoms. The van der Waals surface area contributed by atoms with Gasteiger partial charge in [-0.15, -0.1) is 0 Å². The highest BCUT2D eigenvalue weighted by molar-refractivity contribution is 5.92. The molecule has 2 saturated heterocycles. The van der Waals surface area contributed by atoms with Gasteiger partial charge in [0.15, 0.2) is 0 Å². The maximum atomic E-state index is 13.7. The highest BCUT2D eigenvalue weighted by Gasteiger charge is 2.36. The van der Waals surface area contributed by atoms with E-state index in [1.54, 1.807) is 43.3 Å². The summed E-state index contributed by atoms with van der Waals surface area (Å²) >= 11 is 0. The summed E-state index contributed by atoms with van der Waals surface area (Å²) in [5.74, 6) is 0.456. The molecule has 222 valence electrons. The van der Waals surface area contributed by atoms with Gasteiger partial charge in [-0.3, -0.25) is 0 Å². The standard InChI is InChI=1S/C35H42FN3O3/c1-2-42-34(40)29-12-16-32(17-13-29)37-35(41)39-20-6-9-30(33(39)24-26-7-4-3-5-8-26)25-38-21-18-28(19-22-38)23-27-10-14-31(36)15-11-27/h3-5,7-8,10-17,28,30,33H,2,6,9,18-25H2,1H3,(H,37,41)/t30-,33+/m0/s1. The molecule has 0 unspecified atom stereocenters. The zero-order valence-electron chi connectivity index (χ0n) is 24.5. The first kappa shape index (κ1) is 29.8. The van der Waals surface area contributed by atoms with Crippen LogP contribution in [0.25, 0.3) is 0 Å². The van der Waals surface area contributed by atoms with E-state index in [4.69, 9.17) is 4.74 Å². The van der Waals surface area contributed by atoms with Crippen molar-refractivity contribution in [2.75, 3.05) is 38.1 Å². The van der Waals surface area contributed by atoms with Gasteiger partial charge in [-0.2, -0.15) is 0 Å². The van der Waals surface area contributed by atoms with Crippen LogP contribution in [0.15, 0.2) is 78.9 Å². The van der Waals surface area contributed by atoms with Gasteiger partial charge in [0, 0.05) is 24.8 Å². The Bertz CT molecular complexity index is 1290. The molecule has 3 aromatic carbocycles. The molecule has 2 amide bonds. The number of carbonyl (C=O) groups excluding carboxylic acids is 2. The quantitative estimate of drug-likeness (QED) is 0.287. The number of ether oxygens (including phenoxy) is 1. The molecule has 2 aliphatic rings. The minimum absolute atomic E-state index is 0.0943. The summed E-state index contributed by atoms with van der Waals surface area (Å²) in [5, 5.41) is 3.08. The topological polar surface area (TPSA) is 61.9 Å². The Morgan fingerprint density at radius 3 is 2.24 bits per heavy atom. The maximum absolute atomic E-state index is 13.7. The molecule has 42 heavy (non-hydrogen) atoms. The van der Waals surface area contributed by atoms with Crippen LogP contribution in [0.2, 0.25) is 0 Å². The first-order chi connectivity index (χ1) is 20.5. The Balaban J connectivity index is 1.23. The molecular formula is C35H42FN3O3. The first-order valence-corrected chi connectivity index (χ1v) is 15.3. The second kappa shape index (κ2) is 14.5. The van der Waals surface area contributed by atoms with Crippen LogP contribution in [-0.4, -0.2) is 60.6 Å². The Kier molecular flexibility index (Phi) is 10.2. The lowest BCUT2D eigenvalue weighted by Gasteiger charge is -2.44. The lowest BCUT2D eigenvalue weighted by Crippen LogP contribution is -2.54. The van der Waals surface area contributed by atoms with Gasteiger partial charge in [0.1, 0.15) is 5.82 Å². The summed E-state index contributed by atoms with van der Waals surface area (Å²) in [6, 6.07) is 24.3. The highest BCUT2D eigenvalue weighted by atomic mass is 19.1. The molecule has 0 saturated carbocycles. The number of nitrogens with one attached hydrogen (secondary N) is 1. The number of rotatable bonds is 9. The van der Waals surface area contributed by atoms with E-state index in [2.05, 4.69) is 34.5 Å². The maximum Gasteiger partial charge on any atom is 0.338 e. The lowest BCUT2D eigenvalue weighted by molar-refractivity contribution is 0.0526. The van der Waals surface area contributed by atoms with Gasteiger partial charge in [0.05, 0.1) is 12.2 Å². The van der Waals surface area contributed by atoms with Gasteiger partial charge in [-0.25, -0.2) is 14.0 Å². The van der Waals surface area contributed by atoms with Gasteiger partial charge in [-0.05, 0) is 118 Å². The molecule has 3 aromatic rings. The number of hydrogen-bond donors (Lipinski definition) is 1. The van der Waals surface area contributed by atoms with Crippen molar-refractivity contribution in [3.63, 3.8) is 0 Å². The summed E-state index contributed by atoms with van der Waals surface area (Å²) in [5.41, 5.74) is 3.58. The molecule has 0 bridgehead atoms. The van der Waals surface area contributed by atoms with E-state index in [-0.39, 0.29) is 23.9 Å². The van der Waals surface area contributed by atoms with Crippen LogP contribution in [0.4, 0.5) is 14.9 Å². The zero-order valence-corrected chi connectivity index (χ0v) is 24.5. The van der Waals surface area contributed by atoms with Crippen LogP contribution < -0.4 is 5.32 Å². The smallest absolute Gasteiger partial charge is 0.338 e. The van der Waals surface area contributed by atoms with Crippen LogP contribution in [0.5, 0.6) is 0 Å². The van der Waals surface area contributed by atoms with Crippen molar-refractivity contribution in [2.24, 2.45) is 11.8 Å². The van der Waals surface area contributed by atoms with E-state index in [0.29, 0.717) is 29.7 Å². The van der Waals surface area contributed by atoms with E-state index >= 15 is 0 Å². The van der Waals surface area contributed by atoms with Gasteiger partial charge in [-0.1, -0.05) is 42.5 Å². The Morgan fingerprint density at radius 1 is 0.857 bits per heavy atom. The molecule has 2 fully saturated rings. The number of piperidine rings is 2. The predicted octanol–water partition coefficient (Wildman–Crippen LogP) is 6.81. The van der Waals surface area contributed by atoms with Gasteiger partial charge in [0.2, 0.25) is 0 Å². The minimum atomic E-state index is -0.364. The Labute approximate surface area is 248 Å². The SMILES string of the molecule is CCOC(=O)c1ccc(NC(=O)N2CCC[C@@H](CN3CCC(Cc4ccc(F)cc4)CC3)[C@H]2Cc2ccccc2)cc1. The third-order valence-corrected chi connectivity index (χ3v) is 8.75. The fourth-order valence-electron chi connectivity index (χ4n) is 6.49. The van der Waals surface area contributed by atoms with Crippen LogP contribution in [-0.2, 0) is 17.6 Å². The number of benzene rings is 3. The third kappa shape index (κ3) is 7.97. The number of esters is 1. The summed E-state index contributed by atoms with van der Waals surface area (Å²) < 4.78 is 18.4. The minimum Gasteiger partial charge on any atom is -0.462 e. The predicted molar refractivity (Wildman–Crippen MR) is 164 cm³/mol. The largest absolute Gasteiger partial charge is 0.462 e. The van der Waals surface area contributed by atoms with E-state index in [9.17, 15) is 14.0 Å². The molecule has 0 spiro atoms. The van der Waals surface area contributed by atoms with Crippen molar-refractivity contribution in [3.8, 4) is 0 Å². The molecule has 6 nitrogen and oxygen atoms in total. The second-order valence-corrected chi connectivity index (χ2v) is 11.7. The molecule has 0 radical (unpaired) electrons. The molecular weight excluding hydrogens is 529 g/mol. The number of likely N-dealkylation sites (tertiary alicyclic amines) is 2. The molecule has 1 N–H and O–H groups in total. The van der Waals surface area contributed by atoms with E-state index in [1.807, 2.05) is 23.1 Å². The van der Waals surface area contributed by atoms with Gasteiger partial charge < -0.3 is 19.9 Å². The highest BCUT2D eigenvalue weighted by Crippen LogP contribution is 2.30. The number of anilines is 1. The summed E-state index contributed by atoms with van der Waals surface area (Å²) in [6.07, 6.45) is 6.18. The second-order valence-electron chi connectivity index (χ2n) is 11.7.